The second-order valence-electron chi connectivity index (χ2n) is 5.00. The fraction of sp³-hybridized carbons (Fsp3) is 0.643. The third kappa shape index (κ3) is 10.1. The van der Waals surface area contributed by atoms with E-state index in [4.69, 9.17) is 9.57 Å². The summed E-state index contributed by atoms with van der Waals surface area (Å²) in [5.74, 6) is -0.159. The molecule has 4 heteroatoms. The molecule has 0 aromatic rings. The van der Waals surface area contributed by atoms with Crippen molar-refractivity contribution in [3.05, 3.63) is 23.9 Å². The summed E-state index contributed by atoms with van der Waals surface area (Å²) < 4.78 is 5.27. The second kappa shape index (κ2) is 8.89. The molecule has 18 heavy (non-hydrogen) atoms. The van der Waals surface area contributed by atoms with Crippen LogP contribution in [0, 0.1) is 0 Å². The number of allylic oxidation sites excluding steroid dienone is 3. The van der Waals surface area contributed by atoms with Crippen LogP contribution in [-0.2, 0) is 14.4 Å². The van der Waals surface area contributed by atoms with E-state index in [1.807, 2.05) is 33.0 Å². The smallest absolute Gasteiger partial charge is 0.306 e. The van der Waals surface area contributed by atoms with Gasteiger partial charge in [0.05, 0.1) is 7.11 Å². The summed E-state index contributed by atoms with van der Waals surface area (Å²) in [6, 6.07) is 0. The minimum atomic E-state index is -0.411. The van der Waals surface area contributed by atoms with E-state index in [0.717, 1.165) is 12.0 Å². The Hall–Kier alpha value is -1.13. The molecular formula is C14H26NO3+. The first-order valence-electron chi connectivity index (χ1n) is 6.32. The van der Waals surface area contributed by atoms with Crippen LogP contribution >= 0.6 is 0 Å². The molecule has 0 aliphatic heterocycles. The average Bonchev–Trinajstić information content (AvgIpc) is 2.24. The summed E-state index contributed by atoms with van der Waals surface area (Å²) in [4.78, 5) is 16.4. The minimum absolute atomic E-state index is 0.159. The zero-order valence-corrected chi connectivity index (χ0v) is 12.2. The number of hydrogen-bond acceptors (Lipinski definition) is 3. The molecule has 0 fully saturated rings. The third-order valence-corrected chi connectivity index (χ3v) is 2.03. The van der Waals surface area contributed by atoms with Gasteiger partial charge in [-0.05, 0) is 45.3 Å². The normalized spacial score (nSPS) is 13.1. The molecule has 0 rings (SSSR count). The SMILES string of the molecule is CC/C=C(\C=C/[NH2+]OC)CCC(=O)OC(C)(C)C. The van der Waals surface area contributed by atoms with Crippen LogP contribution in [0.4, 0.5) is 0 Å². The molecule has 0 aliphatic carbocycles. The number of nitrogens with two attached hydrogens (primary N) is 1. The Kier molecular flexibility index (Phi) is 8.33. The summed E-state index contributed by atoms with van der Waals surface area (Å²) in [5, 5.41) is 0. The maximum atomic E-state index is 11.6. The molecular weight excluding hydrogens is 230 g/mol. The third-order valence-electron chi connectivity index (χ3n) is 2.03. The van der Waals surface area contributed by atoms with Gasteiger partial charge in [-0.1, -0.05) is 13.0 Å². The largest absolute Gasteiger partial charge is 0.460 e. The van der Waals surface area contributed by atoms with Gasteiger partial charge in [0.25, 0.3) is 0 Å². The van der Waals surface area contributed by atoms with Crippen LogP contribution in [0.3, 0.4) is 0 Å². The van der Waals surface area contributed by atoms with E-state index in [2.05, 4.69) is 13.0 Å². The summed E-state index contributed by atoms with van der Waals surface area (Å²) in [6.45, 7) is 7.70. The molecule has 4 nitrogen and oxygen atoms in total. The molecule has 0 bridgehead atoms. The van der Waals surface area contributed by atoms with Crippen molar-refractivity contribution < 1.29 is 19.8 Å². The number of carbonyl (C=O) groups excluding carboxylic acids is 1. The lowest BCUT2D eigenvalue weighted by atomic mass is 10.1. The number of esters is 1. The van der Waals surface area contributed by atoms with Gasteiger partial charge in [0, 0.05) is 6.42 Å². The number of quaternary nitrogens is 1. The lowest BCUT2D eigenvalue weighted by Gasteiger charge is -2.19. The number of hydroxylamine groups is 1. The molecule has 0 heterocycles. The van der Waals surface area contributed by atoms with Gasteiger partial charge < -0.3 is 4.74 Å². The Morgan fingerprint density at radius 1 is 1.28 bits per heavy atom. The standard InChI is InChI=1S/C14H25NO3/c1-6-7-12(10-11-15-17-5)8-9-13(16)18-14(2,3)4/h7,10-11,15H,6,8-9H2,1-5H3/p+1/b11-10-,12-7-. The van der Waals surface area contributed by atoms with Crippen LogP contribution in [0.15, 0.2) is 23.9 Å². The summed E-state index contributed by atoms with van der Waals surface area (Å²) in [6.07, 6.45) is 7.93. The van der Waals surface area contributed by atoms with Crippen LogP contribution in [-0.4, -0.2) is 18.7 Å². The van der Waals surface area contributed by atoms with Gasteiger partial charge in [-0.2, -0.15) is 5.48 Å². The monoisotopic (exact) mass is 256 g/mol. The van der Waals surface area contributed by atoms with E-state index in [1.54, 1.807) is 12.6 Å². The molecule has 0 atom stereocenters. The van der Waals surface area contributed by atoms with Crippen molar-refractivity contribution >= 4 is 5.97 Å². The predicted octanol–water partition coefficient (Wildman–Crippen LogP) is 2.08. The van der Waals surface area contributed by atoms with Crippen molar-refractivity contribution in [1.82, 2.24) is 0 Å². The topological polar surface area (TPSA) is 52.1 Å². The number of hydrogen-bond donors (Lipinski definition) is 1. The molecule has 0 amide bonds. The molecule has 0 radical (unpaired) electrons. The Labute approximate surface area is 110 Å². The Balaban J connectivity index is 4.20. The average molecular weight is 256 g/mol. The van der Waals surface area contributed by atoms with Crippen molar-refractivity contribution in [3.63, 3.8) is 0 Å². The summed E-state index contributed by atoms with van der Waals surface area (Å²) in [5.41, 5.74) is 2.32. The van der Waals surface area contributed by atoms with Crippen molar-refractivity contribution in [2.45, 2.75) is 52.6 Å². The van der Waals surface area contributed by atoms with Gasteiger partial charge in [0.2, 0.25) is 0 Å². The van der Waals surface area contributed by atoms with Gasteiger partial charge in [-0.25, -0.2) is 4.84 Å². The predicted molar refractivity (Wildman–Crippen MR) is 71.5 cm³/mol. The van der Waals surface area contributed by atoms with Crippen LogP contribution in [0.5, 0.6) is 0 Å². The quantitative estimate of drug-likeness (QED) is 0.431. The molecule has 104 valence electrons. The van der Waals surface area contributed by atoms with Crippen molar-refractivity contribution in [3.8, 4) is 0 Å². The molecule has 0 unspecified atom stereocenters. The van der Waals surface area contributed by atoms with Crippen molar-refractivity contribution in [2.24, 2.45) is 0 Å². The maximum Gasteiger partial charge on any atom is 0.306 e. The number of ether oxygens (including phenoxy) is 1. The first-order chi connectivity index (χ1) is 8.39. The second-order valence-corrected chi connectivity index (χ2v) is 5.00. The van der Waals surface area contributed by atoms with E-state index in [0.29, 0.717) is 12.8 Å². The molecule has 2 N–H and O–H groups in total. The lowest BCUT2D eigenvalue weighted by Crippen LogP contribution is -2.75. The van der Waals surface area contributed by atoms with E-state index < -0.39 is 5.60 Å². The fourth-order valence-electron chi connectivity index (χ4n) is 1.40. The fourth-order valence-corrected chi connectivity index (χ4v) is 1.40. The van der Waals surface area contributed by atoms with Gasteiger partial charge in [-0.15, -0.1) is 0 Å². The number of carbonyl (C=O) groups is 1. The van der Waals surface area contributed by atoms with Crippen molar-refractivity contribution in [1.29, 1.82) is 0 Å². The van der Waals surface area contributed by atoms with Crippen molar-refractivity contribution in [2.75, 3.05) is 7.11 Å². The molecule has 0 saturated heterocycles. The van der Waals surface area contributed by atoms with Gasteiger partial charge in [-0.3, -0.25) is 4.79 Å². The van der Waals surface area contributed by atoms with E-state index in [-0.39, 0.29) is 5.97 Å². The first-order valence-corrected chi connectivity index (χ1v) is 6.32. The maximum absolute atomic E-state index is 11.6. The summed E-state index contributed by atoms with van der Waals surface area (Å²) in [7, 11) is 1.61. The number of rotatable bonds is 7. The zero-order valence-electron chi connectivity index (χ0n) is 12.2. The van der Waals surface area contributed by atoms with Gasteiger partial charge >= 0.3 is 5.97 Å². The molecule has 0 aliphatic rings. The highest BCUT2D eigenvalue weighted by Gasteiger charge is 2.15. The molecule has 0 spiro atoms. The van der Waals surface area contributed by atoms with Crippen LogP contribution in [0.25, 0.3) is 0 Å². The zero-order chi connectivity index (χ0) is 14.0. The molecule has 0 aromatic carbocycles. The van der Waals surface area contributed by atoms with E-state index >= 15 is 0 Å². The highest BCUT2D eigenvalue weighted by Crippen LogP contribution is 2.13. The minimum Gasteiger partial charge on any atom is -0.460 e. The van der Waals surface area contributed by atoms with Crippen LogP contribution in [0.2, 0.25) is 0 Å². The Morgan fingerprint density at radius 3 is 2.44 bits per heavy atom. The Bertz CT molecular complexity index is 301. The highest BCUT2D eigenvalue weighted by atomic mass is 16.6. The van der Waals surface area contributed by atoms with Gasteiger partial charge in [0.15, 0.2) is 0 Å². The van der Waals surface area contributed by atoms with Gasteiger partial charge in [0.1, 0.15) is 11.8 Å². The van der Waals surface area contributed by atoms with Crippen LogP contribution < -0.4 is 5.48 Å². The summed E-state index contributed by atoms with van der Waals surface area (Å²) >= 11 is 0. The molecule has 0 saturated carbocycles. The van der Waals surface area contributed by atoms with E-state index in [1.165, 1.54) is 0 Å². The highest BCUT2D eigenvalue weighted by molar-refractivity contribution is 5.70. The first kappa shape index (κ1) is 16.9. The Morgan fingerprint density at radius 2 is 1.94 bits per heavy atom. The lowest BCUT2D eigenvalue weighted by molar-refractivity contribution is -0.842. The van der Waals surface area contributed by atoms with Crippen LogP contribution in [0.1, 0.15) is 47.0 Å². The van der Waals surface area contributed by atoms with E-state index in [9.17, 15) is 4.79 Å². The molecule has 0 aromatic heterocycles.